The summed E-state index contributed by atoms with van der Waals surface area (Å²) in [6, 6.07) is 0. The minimum absolute atomic E-state index is 0.269. The molecule has 44 valence electrons. The number of halogens is 2. The predicted octanol–water partition coefficient (Wildman–Crippen LogP) is 1.81. The van der Waals surface area contributed by atoms with Crippen molar-refractivity contribution >= 4 is 28.4 Å². The molecule has 0 aliphatic heterocycles. The van der Waals surface area contributed by atoms with Crippen molar-refractivity contribution in [3.05, 3.63) is 18.2 Å². The largest absolute Gasteiger partial charge is 0.242 e. The van der Waals surface area contributed by atoms with Crippen molar-refractivity contribution < 1.29 is 4.39 Å². The Hall–Kier alpha value is 0.300. The van der Waals surface area contributed by atoms with Gasteiger partial charge in [-0.1, -0.05) is 0 Å². The second-order valence-electron chi connectivity index (χ2n) is 1.19. The highest BCUT2D eigenvalue weighted by Crippen LogP contribution is 2.21. The molecule has 5 heteroatoms. The van der Waals surface area contributed by atoms with Crippen LogP contribution < -0.4 is 0 Å². The molecule has 2 nitrogen and oxygen atoms in total. The quantitative estimate of drug-likeness (QED) is 0.544. The Morgan fingerprint density at radius 3 is 2.88 bits per heavy atom. The van der Waals surface area contributed by atoms with E-state index in [0.29, 0.717) is 6.37 Å². The van der Waals surface area contributed by atoms with Crippen molar-refractivity contribution in [2.45, 2.75) is 0 Å². The minimum Gasteiger partial charge on any atom is -0.242 e. The zero-order chi connectivity index (χ0) is 5.98. The van der Waals surface area contributed by atoms with E-state index in [1.54, 1.807) is 4.45 Å². The highest BCUT2D eigenvalue weighted by molar-refractivity contribution is 14.2. The summed E-state index contributed by atoms with van der Waals surface area (Å²) in [5.74, 6) is -0.269. The van der Waals surface area contributed by atoms with Crippen LogP contribution in [0.4, 0.5) is 4.39 Å². The molecule has 1 unspecified atom stereocenters. The lowest BCUT2D eigenvalue weighted by atomic mass is 10.7. The predicted molar refractivity (Wildman–Crippen MR) is 39.9 cm³/mol. The molecule has 0 aliphatic rings. The fourth-order valence-corrected chi connectivity index (χ4v) is 1.41. The number of nitrogens with zero attached hydrogens (tertiary/aromatic N) is 2. The third-order valence-electron chi connectivity index (χ3n) is 0.638. The van der Waals surface area contributed by atoms with Crippen LogP contribution in [0.15, 0.2) is 12.4 Å². The topological polar surface area (TPSA) is 17.8 Å². The van der Waals surface area contributed by atoms with Gasteiger partial charge in [0.1, 0.15) is 0 Å². The van der Waals surface area contributed by atoms with E-state index in [-0.39, 0.29) is 5.82 Å². The molecule has 0 fully saturated rings. The molecule has 1 heterocycles. The summed E-state index contributed by atoms with van der Waals surface area (Å²) in [6.07, 6.45) is 3.05. The third-order valence-corrected chi connectivity index (χ3v) is 2.54. The first kappa shape index (κ1) is 6.42. The van der Waals surface area contributed by atoms with Crippen LogP contribution in [0.2, 0.25) is 0 Å². The van der Waals surface area contributed by atoms with E-state index in [1.807, 2.05) is 0 Å². The van der Waals surface area contributed by atoms with Crippen LogP contribution in [0.25, 0.3) is 0 Å². The Morgan fingerprint density at radius 1 is 1.88 bits per heavy atom. The summed E-state index contributed by atoms with van der Waals surface area (Å²) in [4.78, 5) is 0. The summed E-state index contributed by atoms with van der Waals surface area (Å²) in [5, 5.41) is 3.68. The van der Waals surface area contributed by atoms with Gasteiger partial charge in [0.15, 0.2) is 5.82 Å². The molecule has 0 aliphatic carbocycles. The number of aromatic nitrogens is 2. The Balaban J connectivity index is 2.84. The molecule has 1 aromatic rings. The van der Waals surface area contributed by atoms with E-state index in [4.69, 9.17) is 0 Å². The van der Waals surface area contributed by atoms with Gasteiger partial charge in [0.2, 0.25) is 0 Å². The smallest absolute Gasteiger partial charge is 0.161 e. The molecular weight excluding hydrogens is 241 g/mol. The van der Waals surface area contributed by atoms with E-state index in [1.165, 1.54) is 12.4 Å². The molecule has 8 heavy (non-hydrogen) atoms. The summed E-state index contributed by atoms with van der Waals surface area (Å²) >= 11 is 2.13. The van der Waals surface area contributed by atoms with Gasteiger partial charge in [0.05, 0.1) is 18.8 Å². The minimum atomic E-state index is -0.269. The Labute approximate surface area is 60.8 Å². The van der Waals surface area contributed by atoms with Crippen LogP contribution in [0.5, 0.6) is 0 Å². The molecule has 0 N–H and O–H groups in total. The van der Waals surface area contributed by atoms with Gasteiger partial charge in [-0.25, -0.2) is 8.84 Å². The van der Waals surface area contributed by atoms with Gasteiger partial charge in [-0.2, -0.15) is 5.10 Å². The summed E-state index contributed by atoms with van der Waals surface area (Å²) in [7, 11) is 0. The highest BCUT2D eigenvalue weighted by Gasteiger charge is 1.91. The lowest BCUT2D eigenvalue weighted by Gasteiger charge is -1.85. The summed E-state index contributed by atoms with van der Waals surface area (Å²) in [6.45, 7) is 0. The average Bonchev–Trinajstić information content (AvgIpc) is 2.14. The Morgan fingerprint density at radius 2 is 2.62 bits per heavy atom. The maximum atomic E-state index is 12.0. The second kappa shape index (κ2) is 2.73. The van der Waals surface area contributed by atoms with Crippen LogP contribution >= 0.6 is 28.4 Å². The standard InChI is InChI=1S/C3H3FIN2P/c4-3-1-6-7(2-3)8-5/h1-2,8H. The van der Waals surface area contributed by atoms with E-state index in [2.05, 4.69) is 27.1 Å². The van der Waals surface area contributed by atoms with Crippen molar-refractivity contribution in [1.82, 2.24) is 9.55 Å². The maximum absolute atomic E-state index is 12.0. The molecule has 0 saturated heterocycles. The van der Waals surface area contributed by atoms with Crippen molar-refractivity contribution in [2.75, 3.05) is 0 Å². The van der Waals surface area contributed by atoms with Crippen LogP contribution in [0, 0.1) is 5.82 Å². The average molecular weight is 244 g/mol. The molecule has 0 aromatic carbocycles. The van der Waals surface area contributed by atoms with Gasteiger partial charge in [-0.05, 0) is 22.0 Å². The summed E-state index contributed by atoms with van der Waals surface area (Å²) in [5.41, 5.74) is 0. The van der Waals surface area contributed by atoms with E-state index in [0.717, 1.165) is 0 Å². The number of rotatable bonds is 1. The van der Waals surface area contributed by atoms with Crippen molar-refractivity contribution in [1.29, 1.82) is 0 Å². The molecule has 1 rings (SSSR count). The molecule has 0 radical (unpaired) electrons. The van der Waals surface area contributed by atoms with Crippen molar-refractivity contribution in [3.8, 4) is 0 Å². The molecule has 0 amide bonds. The lowest BCUT2D eigenvalue weighted by molar-refractivity contribution is 0.628. The first-order valence-electron chi connectivity index (χ1n) is 1.90. The molecule has 1 atom stereocenters. The van der Waals surface area contributed by atoms with Gasteiger partial charge in [0, 0.05) is 0 Å². The zero-order valence-corrected chi connectivity index (χ0v) is 6.96. The fourth-order valence-electron chi connectivity index (χ4n) is 0.347. The fraction of sp³-hybridized carbons (Fsp3) is 0. The van der Waals surface area contributed by atoms with Gasteiger partial charge in [-0.15, -0.1) is 0 Å². The van der Waals surface area contributed by atoms with Crippen LogP contribution in [0.1, 0.15) is 0 Å². The van der Waals surface area contributed by atoms with Gasteiger partial charge in [-0.3, -0.25) is 0 Å². The molecule has 1 aromatic heterocycles. The van der Waals surface area contributed by atoms with Crippen LogP contribution in [-0.4, -0.2) is 9.55 Å². The Bertz CT molecular complexity index is 178. The monoisotopic (exact) mass is 244 g/mol. The Kier molecular flexibility index (Phi) is 2.19. The van der Waals surface area contributed by atoms with E-state index >= 15 is 0 Å². The summed E-state index contributed by atoms with van der Waals surface area (Å²) < 4.78 is 13.6. The second-order valence-corrected chi connectivity index (χ2v) is 3.26. The molecule has 0 saturated carbocycles. The zero-order valence-electron chi connectivity index (χ0n) is 3.81. The van der Waals surface area contributed by atoms with Gasteiger partial charge in [0.25, 0.3) is 0 Å². The van der Waals surface area contributed by atoms with Crippen LogP contribution in [-0.2, 0) is 0 Å². The lowest BCUT2D eigenvalue weighted by Crippen LogP contribution is -1.75. The van der Waals surface area contributed by atoms with Crippen molar-refractivity contribution in [3.63, 3.8) is 0 Å². The molecule has 0 bridgehead atoms. The number of hydrogen-bond donors (Lipinski definition) is 0. The SMILES string of the molecule is Fc1cnn(PI)c1. The van der Waals surface area contributed by atoms with E-state index < -0.39 is 0 Å². The normalized spacial score (nSPS) is 11.2. The number of hydrogen-bond acceptors (Lipinski definition) is 1. The maximum Gasteiger partial charge on any atom is 0.161 e. The molecular formula is C3H3FIN2P. The van der Waals surface area contributed by atoms with E-state index in [9.17, 15) is 4.39 Å². The first-order chi connectivity index (χ1) is 3.83. The third kappa shape index (κ3) is 1.39. The van der Waals surface area contributed by atoms with Crippen LogP contribution in [0.3, 0.4) is 0 Å². The first-order valence-corrected chi connectivity index (χ1v) is 5.96. The molecule has 0 spiro atoms. The van der Waals surface area contributed by atoms with Crippen molar-refractivity contribution in [2.24, 2.45) is 0 Å². The van der Waals surface area contributed by atoms with Gasteiger partial charge < -0.3 is 0 Å². The highest BCUT2D eigenvalue weighted by atomic mass is 127. The van der Waals surface area contributed by atoms with Gasteiger partial charge >= 0.3 is 0 Å².